The maximum absolute atomic E-state index is 13.7. The monoisotopic (exact) mass is 490 g/mol. The van der Waals surface area contributed by atoms with E-state index in [-0.39, 0.29) is 12.2 Å². The fourth-order valence-electron chi connectivity index (χ4n) is 4.98. The van der Waals surface area contributed by atoms with Gasteiger partial charge in [0.15, 0.2) is 0 Å². The van der Waals surface area contributed by atoms with E-state index in [4.69, 9.17) is 0 Å². The largest absolute Gasteiger partial charge is 0.389 e. The second kappa shape index (κ2) is 9.76. The number of hydrogen-bond acceptors (Lipinski definition) is 5. The van der Waals surface area contributed by atoms with Gasteiger partial charge < -0.3 is 15.7 Å². The summed E-state index contributed by atoms with van der Waals surface area (Å²) in [5, 5.41) is 19.1. The molecule has 0 saturated heterocycles. The zero-order valence-corrected chi connectivity index (χ0v) is 21.1. The average molecular weight is 491 g/mol. The van der Waals surface area contributed by atoms with Gasteiger partial charge >= 0.3 is 0 Å². The molecule has 1 saturated carbocycles. The number of rotatable bonds is 5. The minimum Gasteiger partial charge on any atom is -0.389 e. The lowest BCUT2D eigenvalue weighted by Crippen LogP contribution is -2.56. The number of aliphatic hydroxyl groups is 1. The molecule has 2 aromatic carbocycles. The maximum atomic E-state index is 13.7. The van der Waals surface area contributed by atoms with Crippen molar-refractivity contribution >= 4 is 40.3 Å². The molecule has 4 atom stereocenters. The first-order valence-corrected chi connectivity index (χ1v) is 12.5. The van der Waals surface area contributed by atoms with E-state index in [9.17, 15) is 19.5 Å². The third-order valence-electron chi connectivity index (χ3n) is 6.84. The van der Waals surface area contributed by atoms with Gasteiger partial charge in [-0.1, -0.05) is 36.4 Å². The third kappa shape index (κ3) is 4.92. The van der Waals surface area contributed by atoms with Crippen molar-refractivity contribution in [1.29, 1.82) is 0 Å². The Morgan fingerprint density at radius 2 is 1.43 bits per heavy atom. The molecule has 2 amide bonds. The van der Waals surface area contributed by atoms with Gasteiger partial charge in [-0.3, -0.25) is 14.4 Å². The molecule has 0 radical (unpaired) electrons. The summed E-state index contributed by atoms with van der Waals surface area (Å²) in [4.78, 5) is 41.5. The number of para-hydroxylation sites is 2. The number of thiophene rings is 1. The molecule has 35 heavy (non-hydrogen) atoms. The topological polar surface area (TPSA) is 95.5 Å². The van der Waals surface area contributed by atoms with Crippen LogP contribution in [0.15, 0.2) is 60.0 Å². The molecule has 182 valence electrons. The van der Waals surface area contributed by atoms with E-state index in [2.05, 4.69) is 10.6 Å². The molecule has 1 fully saturated rings. The van der Waals surface area contributed by atoms with Crippen molar-refractivity contribution in [2.24, 2.45) is 11.8 Å². The predicted octanol–water partition coefficient (Wildman–Crippen LogP) is 4.99. The molecule has 1 aromatic heterocycles. The second-order valence-electron chi connectivity index (χ2n) is 9.56. The van der Waals surface area contributed by atoms with Gasteiger partial charge in [0.05, 0.1) is 11.5 Å². The van der Waals surface area contributed by atoms with Gasteiger partial charge in [0.25, 0.3) is 0 Å². The number of amides is 2. The van der Waals surface area contributed by atoms with Crippen LogP contribution in [-0.2, 0) is 14.4 Å². The van der Waals surface area contributed by atoms with Gasteiger partial charge in [0.1, 0.15) is 11.7 Å². The zero-order chi connectivity index (χ0) is 25.3. The fraction of sp³-hybridized carbons (Fsp3) is 0.321. The van der Waals surface area contributed by atoms with Gasteiger partial charge in [-0.15, -0.1) is 11.3 Å². The minimum atomic E-state index is -1.62. The molecule has 1 aliphatic carbocycles. The number of aryl methyl sites for hydroxylation is 3. The van der Waals surface area contributed by atoms with Crippen molar-refractivity contribution in [3.05, 3.63) is 81.5 Å². The van der Waals surface area contributed by atoms with E-state index >= 15 is 0 Å². The van der Waals surface area contributed by atoms with E-state index in [1.165, 1.54) is 18.3 Å². The van der Waals surface area contributed by atoms with Crippen LogP contribution in [0, 0.1) is 32.6 Å². The van der Waals surface area contributed by atoms with Gasteiger partial charge in [-0.2, -0.15) is 0 Å². The first kappa shape index (κ1) is 24.8. The van der Waals surface area contributed by atoms with Gasteiger partial charge in [0.2, 0.25) is 11.8 Å². The molecule has 4 unspecified atom stereocenters. The molecule has 3 aromatic rings. The van der Waals surface area contributed by atoms with Crippen molar-refractivity contribution < 1.29 is 19.5 Å². The van der Waals surface area contributed by atoms with Crippen molar-refractivity contribution in [3.63, 3.8) is 0 Å². The van der Waals surface area contributed by atoms with Gasteiger partial charge in [-0.25, -0.2) is 0 Å². The Morgan fingerprint density at radius 1 is 0.886 bits per heavy atom. The third-order valence-corrected chi connectivity index (χ3v) is 7.96. The summed E-state index contributed by atoms with van der Waals surface area (Å²) in [7, 11) is 0. The van der Waals surface area contributed by atoms with Crippen molar-refractivity contribution in [3.8, 4) is 0 Å². The van der Waals surface area contributed by atoms with Crippen LogP contribution in [0.1, 0.15) is 40.8 Å². The molecule has 1 heterocycles. The Bertz CT molecular complexity index is 1280. The van der Waals surface area contributed by atoms with Crippen LogP contribution in [0.3, 0.4) is 0 Å². The number of nitrogens with one attached hydrogen (secondary N) is 2. The smallest absolute Gasteiger partial charge is 0.235 e. The Morgan fingerprint density at radius 3 is 1.94 bits per heavy atom. The highest BCUT2D eigenvalue weighted by atomic mass is 32.1. The number of ketones is 1. The molecular weight excluding hydrogens is 460 g/mol. The number of carbonyl (C=O) groups excluding carboxylic acids is 3. The number of benzene rings is 2. The highest BCUT2D eigenvalue weighted by Crippen LogP contribution is 2.48. The lowest BCUT2D eigenvalue weighted by molar-refractivity contribution is -0.150. The Labute approximate surface area is 209 Å². The van der Waals surface area contributed by atoms with Crippen molar-refractivity contribution in [1.82, 2.24) is 0 Å². The second-order valence-corrected chi connectivity index (χ2v) is 10.5. The van der Waals surface area contributed by atoms with Crippen molar-refractivity contribution in [2.75, 3.05) is 10.6 Å². The maximum Gasteiger partial charge on any atom is 0.235 e. The highest BCUT2D eigenvalue weighted by Gasteiger charge is 2.56. The average Bonchev–Trinajstić information content (AvgIpc) is 3.21. The Hall–Kier alpha value is -3.29. The SMILES string of the molecule is Cc1ccccc1NC(=O)C1C(=O)CC(C)(O)C(C(=O)Nc2ccccc2C)C1c1sccc1C. The van der Waals surface area contributed by atoms with E-state index in [1.54, 1.807) is 12.1 Å². The molecule has 4 rings (SSSR count). The van der Waals surface area contributed by atoms with Gasteiger partial charge in [0, 0.05) is 28.6 Å². The Kier molecular flexibility index (Phi) is 6.92. The standard InChI is InChI=1S/C28H30N2O4S/c1-16-9-5-7-11-19(16)29-26(32)22-21(31)15-28(4,34)24(23(22)25-18(3)13-14-35-25)27(33)30-20-12-8-6-10-17(20)2/h5-14,22-24,34H,15H2,1-4H3,(H,29,32)(H,30,33). The first-order valence-electron chi connectivity index (χ1n) is 11.6. The molecule has 0 spiro atoms. The molecule has 7 heteroatoms. The first-order chi connectivity index (χ1) is 16.6. The summed E-state index contributed by atoms with van der Waals surface area (Å²) in [5.74, 6) is -4.18. The van der Waals surface area contributed by atoms with Crippen LogP contribution in [0.25, 0.3) is 0 Å². The molecular formula is C28H30N2O4S. The van der Waals surface area contributed by atoms with Gasteiger partial charge in [-0.05, 0) is 68.0 Å². The lowest BCUT2D eigenvalue weighted by Gasteiger charge is -2.44. The van der Waals surface area contributed by atoms with E-state index in [1.807, 2.05) is 68.6 Å². The minimum absolute atomic E-state index is 0.286. The quantitative estimate of drug-likeness (QED) is 0.439. The zero-order valence-electron chi connectivity index (χ0n) is 20.3. The molecule has 0 bridgehead atoms. The fourth-order valence-corrected chi connectivity index (χ4v) is 6.08. The molecule has 0 aliphatic heterocycles. The summed E-state index contributed by atoms with van der Waals surface area (Å²) < 4.78 is 0. The van der Waals surface area contributed by atoms with Crippen LogP contribution in [-0.4, -0.2) is 28.3 Å². The number of Topliss-reactive ketones (excluding diaryl/α,β-unsaturated/α-hetero) is 1. The highest BCUT2D eigenvalue weighted by molar-refractivity contribution is 7.10. The van der Waals surface area contributed by atoms with E-state index in [0.29, 0.717) is 11.4 Å². The van der Waals surface area contributed by atoms with E-state index < -0.39 is 35.2 Å². The van der Waals surface area contributed by atoms with Crippen LogP contribution in [0.4, 0.5) is 11.4 Å². The van der Waals surface area contributed by atoms with Crippen LogP contribution in [0.2, 0.25) is 0 Å². The molecule has 3 N–H and O–H groups in total. The Balaban J connectivity index is 1.77. The number of carbonyl (C=O) groups is 3. The normalized spacial score (nSPS) is 24.1. The molecule has 6 nitrogen and oxygen atoms in total. The van der Waals surface area contributed by atoms with Crippen LogP contribution < -0.4 is 10.6 Å². The summed E-state index contributed by atoms with van der Waals surface area (Å²) in [6.45, 7) is 7.17. The summed E-state index contributed by atoms with van der Waals surface area (Å²) in [5.41, 5.74) is 2.26. The molecule has 1 aliphatic rings. The van der Waals surface area contributed by atoms with Crippen LogP contribution >= 0.6 is 11.3 Å². The number of hydrogen-bond donors (Lipinski definition) is 3. The summed E-state index contributed by atoms with van der Waals surface area (Å²) in [6.07, 6.45) is -0.286. The summed E-state index contributed by atoms with van der Waals surface area (Å²) in [6, 6.07) is 16.6. The number of anilines is 2. The predicted molar refractivity (Wildman–Crippen MR) is 139 cm³/mol. The van der Waals surface area contributed by atoms with Crippen LogP contribution in [0.5, 0.6) is 0 Å². The van der Waals surface area contributed by atoms with E-state index in [0.717, 1.165) is 21.6 Å². The lowest BCUT2D eigenvalue weighted by atomic mass is 9.62. The van der Waals surface area contributed by atoms with Crippen molar-refractivity contribution in [2.45, 2.75) is 45.6 Å². The summed E-state index contributed by atoms with van der Waals surface area (Å²) >= 11 is 1.40.